The van der Waals surface area contributed by atoms with Gasteiger partial charge in [-0.3, -0.25) is 0 Å². The molecule has 1 aromatic heterocycles. The minimum absolute atomic E-state index is 0.146. The van der Waals surface area contributed by atoms with Crippen molar-refractivity contribution in [2.45, 2.75) is 24.8 Å². The van der Waals surface area contributed by atoms with Crippen LogP contribution in [0.2, 0.25) is 0 Å². The van der Waals surface area contributed by atoms with E-state index >= 15 is 0 Å². The van der Waals surface area contributed by atoms with Gasteiger partial charge in [0.25, 0.3) is 6.43 Å². The van der Waals surface area contributed by atoms with Crippen molar-refractivity contribution in [1.82, 2.24) is 9.29 Å². The Hall–Kier alpha value is -1.52. The first kappa shape index (κ1) is 17.5. The molecule has 0 saturated heterocycles. The quantitative estimate of drug-likeness (QED) is 0.653. The zero-order chi connectivity index (χ0) is 16.0. The fourth-order valence-electron chi connectivity index (χ4n) is 1.58. The molecule has 0 saturated carbocycles. The number of rotatable bonds is 9. The van der Waals surface area contributed by atoms with Crippen LogP contribution < -0.4 is 4.72 Å². The van der Waals surface area contributed by atoms with Crippen molar-refractivity contribution < 1.29 is 31.8 Å². The lowest BCUT2D eigenvalue weighted by Crippen LogP contribution is -2.27. The van der Waals surface area contributed by atoms with E-state index in [1.807, 2.05) is 0 Å². The highest BCUT2D eigenvalue weighted by Gasteiger charge is 2.20. The van der Waals surface area contributed by atoms with Crippen LogP contribution in [-0.2, 0) is 21.3 Å². The third-order valence-electron chi connectivity index (χ3n) is 2.52. The van der Waals surface area contributed by atoms with Gasteiger partial charge in [0, 0.05) is 19.3 Å². The Labute approximate surface area is 120 Å². The molecule has 0 aliphatic rings. The first-order valence-electron chi connectivity index (χ1n) is 6.07. The summed E-state index contributed by atoms with van der Waals surface area (Å²) in [5.41, 5.74) is -0.146. The number of halogens is 2. The minimum Gasteiger partial charge on any atom is -0.477 e. The van der Waals surface area contributed by atoms with Gasteiger partial charge < -0.3 is 14.4 Å². The van der Waals surface area contributed by atoms with Gasteiger partial charge >= 0.3 is 5.97 Å². The van der Waals surface area contributed by atoms with E-state index in [4.69, 9.17) is 5.11 Å². The summed E-state index contributed by atoms with van der Waals surface area (Å²) in [5.74, 6) is -1.24. The summed E-state index contributed by atoms with van der Waals surface area (Å²) in [6, 6.07) is 1.04. The number of alkyl halides is 2. The number of aromatic nitrogens is 1. The van der Waals surface area contributed by atoms with Gasteiger partial charge in [-0.05, 0) is 13.0 Å². The third kappa shape index (κ3) is 5.06. The van der Waals surface area contributed by atoms with Crippen molar-refractivity contribution in [1.29, 1.82) is 0 Å². The molecule has 0 aliphatic carbocycles. The second-order valence-corrected chi connectivity index (χ2v) is 5.78. The molecule has 1 rings (SSSR count). The van der Waals surface area contributed by atoms with E-state index in [-0.39, 0.29) is 23.7 Å². The highest BCUT2D eigenvalue weighted by molar-refractivity contribution is 7.89. The van der Waals surface area contributed by atoms with Gasteiger partial charge in [0.2, 0.25) is 10.0 Å². The Bertz CT molecular complexity index is 585. The Morgan fingerprint density at radius 3 is 2.67 bits per heavy atom. The average molecular weight is 326 g/mol. The number of aryl methyl sites for hydroxylation is 1. The molecule has 0 amide bonds. The van der Waals surface area contributed by atoms with Gasteiger partial charge in [-0.25, -0.2) is 26.7 Å². The monoisotopic (exact) mass is 326 g/mol. The molecule has 0 radical (unpaired) electrons. The van der Waals surface area contributed by atoms with Gasteiger partial charge in [0.1, 0.15) is 17.2 Å². The van der Waals surface area contributed by atoms with Crippen LogP contribution in [0.5, 0.6) is 0 Å². The molecular formula is C11H16F2N2O5S. The predicted molar refractivity (Wildman–Crippen MR) is 69.1 cm³/mol. The number of sulfonamides is 1. The van der Waals surface area contributed by atoms with E-state index in [0.29, 0.717) is 6.54 Å². The van der Waals surface area contributed by atoms with E-state index in [1.54, 1.807) is 6.92 Å². The minimum atomic E-state index is -3.91. The molecule has 7 nitrogen and oxygen atoms in total. The van der Waals surface area contributed by atoms with Gasteiger partial charge in [-0.15, -0.1) is 0 Å². The summed E-state index contributed by atoms with van der Waals surface area (Å²) in [4.78, 5) is 10.8. The molecule has 10 heteroatoms. The number of carboxylic acids is 1. The second-order valence-electron chi connectivity index (χ2n) is 4.02. The summed E-state index contributed by atoms with van der Waals surface area (Å²) in [5, 5.41) is 8.95. The van der Waals surface area contributed by atoms with Crippen LogP contribution in [0.1, 0.15) is 17.4 Å². The predicted octanol–water partition coefficient (Wildman–Crippen LogP) is 0.766. The average Bonchev–Trinajstić information content (AvgIpc) is 2.82. The SMILES string of the molecule is CCn1cc(S(=O)(=O)NCCOCC(F)F)cc1C(=O)O. The third-order valence-corrected chi connectivity index (χ3v) is 3.95. The van der Waals surface area contributed by atoms with E-state index < -0.39 is 29.0 Å². The number of hydrogen-bond donors (Lipinski definition) is 2. The molecule has 0 aromatic carbocycles. The van der Waals surface area contributed by atoms with Crippen LogP contribution in [0.4, 0.5) is 8.78 Å². The Balaban J connectivity index is 2.68. The summed E-state index contributed by atoms with van der Waals surface area (Å²) in [7, 11) is -3.91. The lowest BCUT2D eigenvalue weighted by atomic mass is 10.4. The van der Waals surface area contributed by atoms with Gasteiger partial charge in [-0.2, -0.15) is 0 Å². The molecule has 0 fully saturated rings. The molecule has 0 spiro atoms. The summed E-state index contributed by atoms with van der Waals surface area (Å²) < 4.78 is 55.4. The smallest absolute Gasteiger partial charge is 0.352 e. The maximum absolute atomic E-state index is 11.9. The van der Waals surface area contributed by atoms with Crippen LogP contribution in [-0.4, -0.2) is 50.2 Å². The first-order valence-corrected chi connectivity index (χ1v) is 7.55. The number of carbonyl (C=O) groups is 1. The fourth-order valence-corrected chi connectivity index (χ4v) is 2.63. The van der Waals surface area contributed by atoms with Crippen molar-refractivity contribution in [2.75, 3.05) is 19.8 Å². The van der Waals surface area contributed by atoms with Gasteiger partial charge in [-0.1, -0.05) is 0 Å². The van der Waals surface area contributed by atoms with Gasteiger partial charge in [0.15, 0.2) is 0 Å². The Kier molecular flexibility index (Phi) is 6.24. The summed E-state index contributed by atoms with van der Waals surface area (Å²) in [6.07, 6.45) is -1.41. The first-order chi connectivity index (χ1) is 9.77. The van der Waals surface area contributed by atoms with Crippen LogP contribution >= 0.6 is 0 Å². The second kappa shape index (κ2) is 7.48. The lowest BCUT2D eigenvalue weighted by Gasteiger charge is -2.05. The molecule has 120 valence electrons. The maximum Gasteiger partial charge on any atom is 0.352 e. The standard InChI is InChI=1S/C11H16F2N2O5S/c1-2-15-6-8(5-9(15)11(16)17)21(18,19)14-3-4-20-7-10(12)13/h5-6,10,14H,2-4,7H2,1H3,(H,16,17). The normalized spacial score (nSPS) is 12.0. The summed E-state index contributed by atoms with van der Waals surface area (Å²) >= 11 is 0. The van der Waals surface area contributed by atoms with E-state index in [1.165, 1.54) is 10.8 Å². The highest BCUT2D eigenvalue weighted by atomic mass is 32.2. The summed E-state index contributed by atoms with van der Waals surface area (Å²) in [6.45, 7) is 0.818. The van der Waals surface area contributed by atoms with Crippen molar-refractivity contribution in [3.8, 4) is 0 Å². The zero-order valence-corrected chi connectivity index (χ0v) is 12.1. The molecule has 1 heterocycles. The molecule has 0 atom stereocenters. The molecule has 0 aliphatic heterocycles. The topological polar surface area (TPSA) is 97.6 Å². The molecule has 0 unspecified atom stereocenters. The Morgan fingerprint density at radius 2 is 2.19 bits per heavy atom. The zero-order valence-electron chi connectivity index (χ0n) is 11.3. The van der Waals surface area contributed by atoms with E-state index in [0.717, 1.165) is 6.07 Å². The maximum atomic E-state index is 11.9. The van der Waals surface area contributed by atoms with E-state index in [2.05, 4.69) is 9.46 Å². The largest absolute Gasteiger partial charge is 0.477 e. The van der Waals surface area contributed by atoms with Crippen molar-refractivity contribution >= 4 is 16.0 Å². The van der Waals surface area contributed by atoms with Crippen molar-refractivity contribution in [3.63, 3.8) is 0 Å². The van der Waals surface area contributed by atoms with Crippen molar-refractivity contribution in [3.05, 3.63) is 18.0 Å². The van der Waals surface area contributed by atoms with E-state index in [9.17, 15) is 22.0 Å². The number of ether oxygens (including phenoxy) is 1. The molecule has 21 heavy (non-hydrogen) atoms. The number of nitrogens with zero attached hydrogens (tertiary/aromatic N) is 1. The number of nitrogens with one attached hydrogen (secondary N) is 1. The van der Waals surface area contributed by atoms with Crippen LogP contribution in [0.3, 0.4) is 0 Å². The van der Waals surface area contributed by atoms with Crippen LogP contribution in [0.25, 0.3) is 0 Å². The number of hydrogen-bond acceptors (Lipinski definition) is 4. The molecular weight excluding hydrogens is 310 g/mol. The number of carboxylic acid groups (broad SMARTS) is 1. The highest BCUT2D eigenvalue weighted by Crippen LogP contribution is 2.14. The molecule has 1 aromatic rings. The molecule has 0 bridgehead atoms. The van der Waals surface area contributed by atoms with Crippen LogP contribution in [0.15, 0.2) is 17.2 Å². The Morgan fingerprint density at radius 1 is 1.52 bits per heavy atom. The molecule has 2 N–H and O–H groups in total. The lowest BCUT2D eigenvalue weighted by molar-refractivity contribution is 0.0199. The van der Waals surface area contributed by atoms with Crippen LogP contribution in [0, 0.1) is 0 Å². The van der Waals surface area contributed by atoms with Gasteiger partial charge in [0.05, 0.1) is 6.61 Å². The van der Waals surface area contributed by atoms with Crippen molar-refractivity contribution in [2.24, 2.45) is 0 Å². The number of aromatic carboxylic acids is 1. The fraction of sp³-hybridized carbons (Fsp3) is 0.545.